The van der Waals surface area contributed by atoms with Gasteiger partial charge < -0.3 is 30.4 Å². The molecule has 2 aromatic carbocycles. The lowest BCUT2D eigenvalue weighted by atomic mass is 10.1. The second kappa shape index (κ2) is 12.4. The number of hydrogen-bond donors (Lipinski definition) is 2. The number of nitrogens with two attached hydrogens (primary N) is 2. The zero-order valence-corrected chi connectivity index (χ0v) is 20.2. The number of anilines is 2. The summed E-state index contributed by atoms with van der Waals surface area (Å²) >= 11 is 0. The van der Waals surface area contributed by atoms with Gasteiger partial charge in [-0.1, -0.05) is 21.6 Å². The van der Waals surface area contributed by atoms with Crippen molar-refractivity contribution in [3.05, 3.63) is 35.4 Å². The van der Waals surface area contributed by atoms with E-state index in [2.05, 4.69) is 0 Å². The summed E-state index contributed by atoms with van der Waals surface area (Å²) in [5.74, 6) is -0.0612. The van der Waals surface area contributed by atoms with E-state index in [0.29, 0.717) is 34.5 Å². The standard InChI is InChI=1S/C22H28N2O6S2/c1-5-27-13-9-15(21(25)29-7-3)19(23)17(11-13)31-32-18-12-14(28-6-2)10-16(20(18)24)22(26)30-8-4/h9-12H,5-8,23-24H2,1-4H3. The predicted octanol–water partition coefficient (Wildman–Crippen LogP) is 4.80. The van der Waals surface area contributed by atoms with E-state index in [1.165, 1.54) is 21.6 Å². The molecule has 0 aliphatic carbocycles. The monoisotopic (exact) mass is 480 g/mol. The molecule has 8 nitrogen and oxygen atoms in total. The smallest absolute Gasteiger partial charge is 0.340 e. The molecule has 0 heterocycles. The zero-order valence-electron chi connectivity index (χ0n) is 18.6. The molecule has 0 saturated carbocycles. The molecule has 0 saturated heterocycles. The van der Waals surface area contributed by atoms with E-state index in [-0.39, 0.29) is 35.7 Å². The van der Waals surface area contributed by atoms with Crippen LogP contribution in [0.5, 0.6) is 11.5 Å². The molecule has 0 aliphatic heterocycles. The van der Waals surface area contributed by atoms with Crippen molar-refractivity contribution in [2.24, 2.45) is 0 Å². The summed E-state index contributed by atoms with van der Waals surface area (Å²) < 4.78 is 21.4. The minimum atomic E-state index is -0.527. The highest BCUT2D eigenvalue weighted by Gasteiger charge is 2.20. The molecule has 0 amide bonds. The Balaban J connectivity index is 2.41. The Kier molecular flexibility index (Phi) is 9.86. The quantitative estimate of drug-likeness (QED) is 0.263. The molecule has 32 heavy (non-hydrogen) atoms. The SMILES string of the molecule is CCOC(=O)c1cc(OCC)cc(SSc2cc(OCC)cc(C(=O)OCC)c2N)c1N. The highest BCUT2D eigenvalue weighted by molar-refractivity contribution is 8.76. The van der Waals surface area contributed by atoms with Gasteiger partial charge in [-0.05, 0) is 52.0 Å². The van der Waals surface area contributed by atoms with E-state index < -0.39 is 11.9 Å². The van der Waals surface area contributed by atoms with Crippen LogP contribution < -0.4 is 20.9 Å². The first kappa shape index (κ1) is 25.5. The first-order valence-electron chi connectivity index (χ1n) is 10.2. The van der Waals surface area contributed by atoms with E-state index >= 15 is 0 Å². The largest absolute Gasteiger partial charge is 0.494 e. The molecule has 2 rings (SSSR count). The maximum absolute atomic E-state index is 12.3. The number of rotatable bonds is 11. The number of ether oxygens (including phenoxy) is 4. The lowest BCUT2D eigenvalue weighted by molar-refractivity contribution is 0.0517. The molecule has 0 atom stereocenters. The Hall–Kier alpha value is -2.72. The van der Waals surface area contributed by atoms with Gasteiger partial charge in [-0.2, -0.15) is 0 Å². The van der Waals surface area contributed by atoms with E-state index in [0.717, 1.165) is 0 Å². The summed E-state index contributed by atoms with van der Waals surface area (Å²) in [6.07, 6.45) is 0. The highest BCUT2D eigenvalue weighted by atomic mass is 33.1. The maximum atomic E-state index is 12.3. The van der Waals surface area contributed by atoms with Crippen LogP contribution in [0.15, 0.2) is 34.1 Å². The molecule has 0 unspecified atom stereocenters. The summed E-state index contributed by atoms with van der Waals surface area (Å²) in [7, 11) is 2.56. The Bertz CT molecular complexity index is 890. The van der Waals surface area contributed by atoms with Crippen molar-refractivity contribution in [3.63, 3.8) is 0 Å². The van der Waals surface area contributed by atoms with Crippen molar-refractivity contribution in [2.45, 2.75) is 37.5 Å². The molecule has 0 aromatic heterocycles. The van der Waals surface area contributed by atoms with Gasteiger partial charge in [0.1, 0.15) is 11.5 Å². The van der Waals surface area contributed by atoms with E-state index in [9.17, 15) is 9.59 Å². The molecule has 0 bridgehead atoms. The molecule has 0 radical (unpaired) electrons. The minimum Gasteiger partial charge on any atom is -0.494 e. The van der Waals surface area contributed by atoms with Crippen molar-refractivity contribution >= 4 is 44.9 Å². The van der Waals surface area contributed by atoms with Crippen molar-refractivity contribution in [2.75, 3.05) is 37.9 Å². The molecular formula is C22H28N2O6S2. The number of carbonyl (C=O) groups excluding carboxylic acids is 2. The number of nitrogen functional groups attached to an aromatic ring is 2. The van der Waals surface area contributed by atoms with Gasteiger partial charge in [-0.25, -0.2) is 9.59 Å². The van der Waals surface area contributed by atoms with Crippen molar-refractivity contribution < 1.29 is 28.5 Å². The second-order valence-electron chi connectivity index (χ2n) is 6.24. The number of carbonyl (C=O) groups is 2. The van der Waals surface area contributed by atoms with Crippen LogP contribution in [0.1, 0.15) is 48.4 Å². The summed E-state index contributed by atoms with van der Waals surface area (Å²) in [5, 5.41) is 0. The molecular weight excluding hydrogens is 452 g/mol. The molecule has 0 spiro atoms. The van der Waals surface area contributed by atoms with Gasteiger partial charge in [0.15, 0.2) is 0 Å². The Morgan fingerprint density at radius 1 is 0.688 bits per heavy atom. The van der Waals surface area contributed by atoms with Crippen molar-refractivity contribution in [1.82, 2.24) is 0 Å². The maximum Gasteiger partial charge on any atom is 0.340 e. The second-order valence-corrected chi connectivity index (χ2v) is 8.45. The van der Waals surface area contributed by atoms with Gasteiger partial charge in [0.2, 0.25) is 0 Å². The zero-order chi connectivity index (χ0) is 23.7. The normalized spacial score (nSPS) is 10.5. The van der Waals surface area contributed by atoms with Gasteiger partial charge in [-0.15, -0.1) is 0 Å². The average molecular weight is 481 g/mol. The topological polar surface area (TPSA) is 123 Å². The lowest BCUT2D eigenvalue weighted by Gasteiger charge is -2.15. The fraction of sp³-hybridized carbons (Fsp3) is 0.364. The summed E-state index contributed by atoms with van der Waals surface area (Å²) in [5.41, 5.74) is 13.5. The fourth-order valence-corrected chi connectivity index (χ4v) is 4.96. The van der Waals surface area contributed by atoms with Gasteiger partial charge >= 0.3 is 11.9 Å². The van der Waals surface area contributed by atoms with Gasteiger partial charge in [0.05, 0.1) is 48.9 Å². The van der Waals surface area contributed by atoms with Crippen LogP contribution >= 0.6 is 21.6 Å². The van der Waals surface area contributed by atoms with Crippen LogP contribution in [0.25, 0.3) is 0 Å². The number of benzene rings is 2. The molecule has 0 fully saturated rings. The van der Waals surface area contributed by atoms with Crippen LogP contribution in [0.3, 0.4) is 0 Å². The van der Waals surface area contributed by atoms with Crippen LogP contribution in [0.4, 0.5) is 11.4 Å². The molecule has 10 heteroatoms. The fourth-order valence-electron chi connectivity index (χ4n) is 2.69. The van der Waals surface area contributed by atoms with Crippen molar-refractivity contribution in [1.29, 1.82) is 0 Å². The first-order valence-corrected chi connectivity index (χ1v) is 12.3. The van der Waals surface area contributed by atoms with E-state index in [1.54, 1.807) is 38.1 Å². The van der Waals surface area contributed by atoms with Gasteiger partial charge in [0.25, 0.3) is 0 Å². The van der Waals surface area contributed by atoms with Gasteiger partial charge in [0, 0.05) is 9.79 Å². The molecule has 174 valence electrons. The third kappa shape index (κ3) is 6.39. The van der Waals surface area contributed by atoms with Crippen LogP contribution in [-0.4, -0.2) is 38.4 Å². The summed E-state index contributed by atoms with van der Waals surface area (Å²) in [6.45, 7) is 8.45. The predicted molar refractivity (Wildman–Crippen MR) is 128 cm³/mol. The lowest BCUT2D eigenvalue weighted by Crippen LogP contribution is -2.10. The van der Waals surface area contributed by atoms with Crippen LogP contribution in [-0.2, 0) is 9.47 Å². The summed E-state index contributed by atoms with van der Waals surface area (Å²) in [4.78, 5) is 25.9. The van der Waals surface area contributed by atoms with Gasteiger partial charge in [-0.3, -0.25) is 0 Å². The molecule has 2 aromatic rings. The third-order valence-electron chi connectivity index (χ3n) is 4.07. The van der Waals surface area contributed by atoms with E-state index in [4.69, 9.17) is 30.4 Å². The molecule has 4 N–H and O–H groups in total. The number of esters is 2. The summed E-state index contributed by atoms with van der Waals surface area (Å²) in [6, 6.07) is 6.62. The van der Waals surface area contributed by atoms with Crippen molar-refractivity contribution in [3.8, 4) is 11.5 Å². The average Bonchev–Trinajstić information content (AvgIpc) is 2.76. The van der Waals surface area contributed by atoms with Crippen LogP contribution in [0, 0.1) is 0 Å². The Morgan fingerprint density at radius 3 is 1.38 bits per heavy atom. The Morgan fingerprint density at radius 2 is 1.06 bits per heavy atom. The van der Waals surface area contributed by atoms with Crippen LogP contribution in [0.2, 0.25) is 0 Å². The third-order valence-corrected chi connectivity index (χ3v) is 6.51. The highest BCUT2D eigenvalue weighted by Crippen LogP contribution is 2.46. The number of hydrogen-bond acceptors (Lipinski definition) is 10. The minimum absolute atomic E-state index is 0.226. The first-order chi connectivity index (χ1) is 15.4. The Labute approximate surface area is 195 Å². The van der Waals surface area contributed by atoms with E-state index in [1.807, 2.05) is 13.8 Å². The molecule has 0 aliphatic rings.